The average molecular weight is 240 g/mol. The first-order valence-electron chi connectivity index (χ1n) is 5.00. The summed E-state index contributed by atoms with van der Waals surface area (Å²) in [5.74, 6) is -1.19. The molecule has 0 spiro atoms. The van der Waals surface area contributed by atoms with Crippen LogP contribution in [0.25, 0.3) is 0 Å². The second-order valence-corrected chi connectivity index (χ2v) is 3.46. The van der Waals surface area contributed by atoms with Gasteiger partial charge >= 0.3 is 11.9 Å². The third-order valence-electron chi connectivity index (χ3n) is 1.91. The van der Waals surface area contributed by atoms with Gasteiger partial charge in [-0.2, -0.15) is 0 Å². The standard InChI is InChI=1S/C10H12N2O5/c1-6(13)16-11-9-4-3-8(15)5-10(9)12-17-7(2)14/h3-5H2,1-2H3. The Balaban J connectivity index is 2.81. The van der Waals surface area contributed by atoms with Gasteiger partial charge in [-0.3, -0.25) is 4.79 Å². The molecule has 1 rings (SSSR count). The monoisotopic (exact) mass is 240 g/mol. The lowest BCUT2D eigenvalue weighted by Crippen LogP contribution is -2.26. The van der Waals surface area contributed by atoms with Crippen molar-refractivity contribution in [2.75, 3.05) is 0 Å². The second kappa shape index (κ2) is 5.88. The molecule has 0 amide bonds. The highest BCUT2D eigenvalue weighted by molar-refractivity contribution is 6.46. The molecule has 0 aromatic rings. The molecule has 1 saturated carbocycles. The van der Waals surface area contributed by atoms with E-state index in [9.17, 15) is 14.4 Å². The Bertz CT molecular complexity index is 411. The van der Waals surface area contributed by atoms with Crippen molar-refractivity contribution in [2.45, 2.75) is 33.1 Å². The summed E-state index contributed by atoms with van der Waals surface area (Å²) in [6.45, 7) is 2.40. The molecule has 0 unspecified atom stereocenters. The summed E-state index contributed by atoms with van der Waals surface area (Å²) in [6, 6.07) is 0. The Morgan fingerprint density at radius 3 is 2.06 bits per heavy atom. The summed E-state index contributed by atoms with van der Waals surface area (Å²) < 4.78 is 0. The van der Waals surface area contributed by atoms with Gasteiger partial charge in [0.1, 0.15) is 17.2 Å². The quantitative estimate of drug-likeness (QED) is 0.519. The molecule has 7 nitrogen and oxygen atoms in total. The van der Waals surface area contributed by atoms with Gasteiger partial charge in [-0.05, 0) is 0 Å². The number of carbonyl (C=O) groups is 3. The van der Waals surface area contributed by atoms with Gasteiger partial charge in [0.2, 0.25) is 0 Å². The first-order valence-corrected chi connectivity index (χ1v) is 5.00. The van der Waals surface area contributed by atoms with E-state index in [2.05, 4.69) is 20.0 Å². The predicted octanol–water partition coefficient (Wildman–Crippen LogP) is 0.578. The SMILES string of the molecule is CC(=O)ON=C1CCC(=O)CC1=NOC(C)=O. The molecular formula is C10H12N2O5. The van der Waals surface area contributed by atoms with E-state index < -0.39 is 11.9 Å². The maximum Gasteiger partial charge on any atom is 0.331 e. The topological polar surface area (TPSA) is 94.4 Å². The van der Waals surface area contributed by atoms with Crippen LogP contribution in [0.2, 0.25) is 0 Å². The summed E-state index contributed by atoms with van der Waals surface area (Å²) in [6.07, 6.45) is 0.638. The molecule has 17 heavy (non-hydrogen) atoms. The summed E-state index contributed by atoms with van der Waals surface area (Å²) in [5.41, 5.74) is 0.568. The van der Waals surface area contributed by atoms with Gasteiger partial charge in [-0.15, -0.1) is 0 Å². The van der Waals surface area contributed by atoms with Crippen LogP contribution in [0.3, 0.4) is 0 Å². The van der Waals surface area contributed by atoms with Crippen LogP contribution in [-0.2, 0) is 24.1 Å². The lowest BCUT2D eigenvalue weighted by Gasteiger charge is -2.12. The normalized spacial score (nSPS) is 20.5. The van der Waals surface area contributed by atoms with E-state index in [1.54, 1.807) is 0 Å². The lowest BCUT2D eigenvalue weighted by atomic mass is 9.95. The van der Waals surface area contributed by atoms with Crippen LogP contribution in [0.15, 0.2) is 10.3 Å². The number of oxime groups is 2. The van der Waals surface area contributed by atoms with Crippen LogP contribution in [-0.4, -0.2) is 29.1 Å². The van der Waals surface area contributed by atoms with E-state index in [4.69, 9.17) is 0 Å². The molecule has 0 aromatic carbocycles. The van der Waals surface area contributed by atoms with E-state index >= 15 is 0 Å². The van der Waals surface area contributed by atoms with E-state index in [0.717, 1.165) is 0 Å². The zero-order valence-corrected chi connectivity index (χ0v) is 9.56. The van der Waals surface area contributed by atoms with Crippen LogP contribution in [0.5, 0.6) is 0 Å². The molecule has 0 atom stereocenters. The van der Waals surface area contributed by atoms with Crippen LogP contribution in [0.4, 0.5) is 0 Å². The largest absolute Gasteiger partial charge is 0.331 e. The zero-order chi connectivity index (χ0) is 12.8. The number of carbonyl (C=O) groups excluding carboxylic acids is 3. The number of Topliss-reactive ketones (excluding diaryl/α,β-unsaturated/α-hetero) is 1. The van der Waals surface area contributed by atoms with Crippen molar-refractivity contribution in [3.8, 4) is 0 Å². The summed E-state index contributed by atoms with van der Waals surface area (Å²) >= 11 is 0. The third-order valence-corrected chi connectivity index (χ3v) is 1.91. The van der Waals surface area contributed by atoms with Gasteiger partial charge in [0, 0.05) is 26.7 Å². The first-order chi connectivity index (χ1) is 7.99. The van der Waals surface area contributed by atoms with Crippen molar-refractivity contribution in [3.05, 3.63) is 0 Å². The lowest BCUT2D eigenvalue weighted by molar-refractivity contribution is -0.142. The van der Waals surface area contributed by atoms with Crippen LogP contribution in [0, 0.1) is 0 Å². The van der Waals surface area contributed by atoms with Gasteiger partial charge in [0.15, 0.2) is 0 Å². The Morgan fingerprint density at radius 1 is 1.00 bits per heavy atom. The minimum absolute atomic E-state index is 0.0212. The second-order valence-electron chi connectivity index (χ2n) is 3.46. The van der Waals surface area contributed by atoms with Crippen LogP contribution < -0.4 is 0 Å². The first kappa shape index (κ1) is 13.0. The molecule has 0 N–H and O–H groups in total. The highest BCUT2D eigenvalue weighted by Gasteiger charge is 2.23. The summed E-state index contributed by atoms with van der Waals surface area (Å²) in [7, 11) is 0. The smallest absolute Gasteiger partial charge is 0.318 e. The Labute approximate surface area is 97.4 Å². The van der Waals surface area contributed by atoms with Crippen molar-refractivity contribution in [1.29, 1.82) is 0 Å². The van der Waals surface area contributed by atoms with Crippen molar-refractivity contribution in [2.24, 2.45) is 10.3 Å². The Hall–Kier alpha value is -2.05. The molecule has 1 aliphatic carbocycles. The molecule has 0 bridgehead atoms. The highest BCUT2D eigenvalue weighted by Crippen LogP contribution is 2.11. The molecule has 1 aliphatic rings. The third kappa shape index (κ3) is 4.54. The average Bonchev–Trinajstić information content (AvgIpc) is 2.24. The molecule has 1 fully saturated rings. The van der Waals surface area contributed by atoms with Crippen LogP contribution in [0.1, 0.15) is 33.1 Å². The predicted molar refractivity (Wildman–Crippen MR) is 57.3 cm³/mol. The number of rotatable bonds is 2. The Kier molecular flexibility index (Phi) is 4.50. The molecule has 0 aromatic heterocycles. The van der Waals surface area contributed by atoms with Gasteiger partial charge in [-0.1, -0.05) is 10.3 Å². The van der Waals surface area contributed by atoms with Gasteiger partial charge < -0.3 is 9.68 Å². The number of hydrogen-bond acceptors (Lipinski definition) is 7. The van der Waals surface area contributed by atoms with E-state index in [-0.39, 0.29) is 17.9 Å². The molecule has 92 valence electrons. The molecule has 0 radical (unpaired) electrons. The molecule has 7 heteroatoms. The fourth-order valence-corrected chi connectivity index (χ4v) is 1.20. The minimum atomic E-state index is -0.595. The summed E-state index contributed by atoms with van der Waals surface area (Å²) in [4.78, 5) is 41.3. The maximum atomic E-state index is 11.2. The van der Waals surface area contributed by atoms with Crippen molar-refractivity contribution < 1.29 is 24.1 Å². The van der Waals surface area contributed by atoms with Gasteiger partial charge in [0.25, 0.3) is 0 Å². The zero-order valence-electron chi connectivity index (χ0n) is 9.56. The summed E-state index contributed by atoms with van der Waals surface area (Å²) in [5, 5.41) is 7.09. The van der Waals surface area contributed by atoms with E-state index in [1.807, 2.05) is 0 Å². The van der Waals surface area contributed by atoms with Crippen molar-refractivity contribution >= 4 is 29.1 Å². The minimum Gasteiger partial charge on any atom is -0.318 e. The number of ketones is 1. The number of nitrogens with zero attached hydrogens (tertiary/aromatic N) is 2. The van der Waals surface area contributed by atoms with Crippen LogP contribution >= 0.6 is 0 Å². The van der Waals surface area contributed by atoms with Crippen molar-refractivity contribution in [1.82, 2.24) is 0 Å². The Morgan fingerprint density at radius 2 is 1.53 bits per heavy atom. The fourth-order valence-electron chi connectivity index (χ4n) is 1.20. The van der Waals surface area contributed by atoms with Gasteiger partial charge in [-0.25, -0.2) is 9.59 Å². The highest BCUT2D eigenvalue weighted by atomic mass is 16.7. The van der Waals surface area contributed by atoms with Gasteiger partial charge in [0.05, 0.1) is 6.42 Å². The maximum absolute atomic E-state index is 11.2. The molecule has 0 saturated heterocycles. The molecule has 0 heterocycles. The van der Waals surface area contributed by atoms with E-state index in [0.29, 0.717) is 18.6 Å². The van der Waals surface area contributed by atoms with Crippen molar-refractivity contribution in [3.63, 3.8) is 0 Å². The number of hydrogen-bond donors (Lipinski definition) is 0. The fraction of sp³-hybridized carbons (Fsp3) is 0.500. The molecule has 0 aliphatic heterocycles. The molecular weight excluding hydrogens is 228 g/mol. The van der Waals surface area contributed by atoms with E-state index in [1.165, 1.54) is 13.8 Å².